The Labute approximate surface area is 260 Å². The molecule has 1 aromatic heterocycles. The predicted molar refractivity (Wildman–Crippen MR) is 175 cm³/mol. The molecule has 0 saturated carbocycles. The standard InChI is InChI=1S/C34H34F2N2O3S.C2H6/c1-34(2,3)42(25-12-8-6-9-13-25,26-14-10-7-11-15-26)41-31-21-23(20-28-27(31)18-19-29(35)32(28)36)16-17-24-22-30(33(39)40-5)37-38(24)4;1-2/h6-15,18-22H,16-17H2,1-5H3;1-2H3. The van der Waals surface area contributed by atoms with E-state index in [0.717, 1.165) is 27.1 Å². The van der Waals surface area contributed by atoms with E-state index >= 15 is 4.39 Å². The molecule has 0 amide bonds. The lowest BCUT2D eigenvalue weighted by molar-refractivity contribution is 0.0593. The van der Waals surface area contributed by atoms with Crippen molar-refractivity contribution in [3.8, 4) is 5.75 Å². The summed E-state index contributed by atoms with van der Waals surface area (Å²) in [7, 11) is 0.849. The molecule has 0 aliphatic rings. The van der Waals surface area contributed by atoms with E-state index in [4.69, 9.17) is 8.92 Å². The monoisotopic (exact) mass is 618 g/mol. The van der Waals surface area contributed by atoms with Gasteiger partial charge in [0.1, 0.15) is 5.75 Å². The van der Waals surface area contributed by atoms with Gasteiger partial charge in [0.05, 0.1) is 7.11 Å². The quantitative estimate of drug-likeness (QED) is 0.163. The molecule has 4 aromatic carbocycles. The van der Waals surface area contributed by atoms with Crippen LogP contribution in [0.2, 0.25) is 0 Å². The first-order valence-corrected chi connectivity index (χ1v) is 16.3. The van der Waals surface area contributed by atoms with Gasteiger partial charge in [0.2, 0.25) is 0 Å². The van der Waals surface area contributed by atoms with Gasteiger partial charge in [-0.1, -0.05) is 50.2 Å². The number of aromatic nitrogens is 2. The summed E-state index contributed by atoms with van der Waals surface area (Å²) in [6, 6.07) is 28.2. The minimum atomic E-state index is -2.22. The van der Waals surface area contributed by atoms with Crippen LogP contribution in [-0.2, 0) is 24.6 Å². The number of ether oxygens (including phenoxy) is 1. The molecular weight excluding hydrogens is 578 g/mol. The first-order chi connectivity index (χ1) is 21.0. The van der Waals surface area contributed by atoms with Crippen LogP contribution in [0, 0.1) is 11.6 Å². The number of benzene rings is 4. The van der Waals surface area contributed by atoms with Crippen LogP contribution in [0.3, 0.4) is 0 Å². The molecule has 1 heterocycles. The maximum atomic E-state index is 15.3. The summed E-state index contributed by atoms with van der Waals surface area (Å²) in [4.78, 5) is 14.0. The zero-order valence-corrected chi connectivity index (χ0v) is 27.2. The van der Waals surface area contributed by atoms with Crippen molar-refractivity contribution in [1.29, 1.82) is 0 Å². The molecule has 44 heavy (non-hydrogen) atoms. The van der Waals surface area contributed by atoms with Gasteiger partial charge in [0.15, 0.2) is 17.3 Å². The van der Waals surface area contributed by atoms with E-state index in [1.165, 1.54) is 7.11 Å². The molecule has 5 rings (SSSR count). The first-order valence-electron chi connectivity index (χ1n) is 14.7. The summed E-state index contributed by atoms with van der Waals surface area (Å²) >= 11 is 0. The molecule has 8 heteroatoms. The minimum Gasteiger partial charge on any atom is -0.464 e. The van der Waals surface area contributed by atoms with Gasteiger partial charge in [0, 0.05) is 38.1 Å². The van der Waals surface area contributed by atoms with E-state index in [-0.39, 0.29) is 15.8 Å². The third-order valence-electron chi connectivity index (χ3n) is 7.31. The van der Waals surface area contributed by atoms with Gasteiger partial charge in [-0.3, -0.25) is 4.68 Å². The topological polar surface area (TPSA) is 53.4 Å². The zero-order valence-electron chi connectivity index (χ0n) is 26.4. The Bertz CT molecular complexity index is 1690. The lowest BCUT2D eigenvalue weighted by Crippen LogP contribution is -2.30. The number of halogens is 2. The molecule has 0 N–H and O–H groups in total. The smallest absolute Gasteiger partial charge is 0.358 e. The highest BCUT2D eigenvalue weighted by Crippen LogP contribution is 2.71. The highest BCUT2D eigenvalue weighted by molar-refractivity contribution is 8.31. The molecule has 5 aromatic rings. The molecule has 0 unspecified atom stereocenters. The molecule has 0 atom stereocenters. The molecule has 0 aliphatic carbocycles. The summed E-state index contributed by atoms with van der Waals surface area (Å²) < 4.78 is 43.1. The Morgan fingerprint density at radius 3 is 1.98 bits per heavy atom. The zero-order chi connectivity index (χ0) is 32.1. The number of aryl methyl sites for hydroxylation is 3. The SMILES string of the molecule is CC.COC(=O)c1cc(CCc2cc(OS(c3ccccc3)(c3ccccc3)C(C)(C)C)c3ccc(F)c(F)c3c2)n(C)n1. The third kappa shape index (κ3) is 6.36. The van der Waals surface area contributed by atoms with E-state index in [1.807, 2.05) is 56.3 Å². The van der Waals surface area contributed by atoms with Crippen molar-refractivity contribution in [3.63, 3.8) is 0 Å². The number of fused-ring (bicyclic) bond motifs is 1. The second-order valence-electron chi connectivity index (χ2n) is 11.1. The van der Waals surface area contributed by atoms with E-state index in [0.29, 0.717) is 24.0 Å². The first kappa shape index (κ1) is 32.7. The molecule has 0 radical (unpaired) electrons. The van der Waals surface area contributed by atoms with Gasteiger partial charge in [-0.25, -0.2) is 13.6 Å². The molecule has 0 fully saturated rings. The van der Waals surface area contributed by atoms with Gasteiger partial charge < -0.3 is 8.92 Å². The van der Waals surface area contributed by atoms with Crippen LogP contribution < -0.4 is 4.18 Å². The van der Waals surface area contributed by atoms with Crippen molar-refractivity contribution in [3.05, 3.63) is 120 Å². The summed E-state index contributed by atoms with van der Waals surface area (Å²) in [5.74, 6) is -1.86. The van der Waals surface area contributed by atoms with Gasteiger partial charge in [0.25, 0.3) is 0 Å². The number of hydrogen-bond donors (Lipinski definition) is 0. The molecule has 0 aliphatic heterocycles. The number of esters is 1. The fourth-order valence-electron chi connectivity index (χ4n) is 5.25. The number of carbonyl (C=O) groups excluding carboxylic acids is 1. The summed E-state index contributed by atoms with van der Waals surface area (Å²) in [5, 5.41) is 4.90. The average Bonchev–Trinajstić information content (AvgIpc) is 3.41. The number of carbonyl (C=O) groups is 1. The molecule has 0 saturated heterocycles. The Balaban J connectivity index is 0.00000216. The van der Waals surface area contributed by atoms with Crippen molar-refractivity contribution < 1.29 is 22.5 Å². The van der Waals surface area contributed by atoms with E-state index in [2.05, 4.69) is 50.1 Å². The fraction of sp³-hybridized carbons (Fsp3) is 0.278. The fourth-order valence-corrected chi connectivity index (χ4v) is 8.87. The van der Waals surface area contributed by atoms with Crippen molar-refractivity contribution in [2.45, 2.75) is 62.0 Å². The number of nitrogens with zero attached hydrogens (tertiary/aromatic N) is 2. The van der Waals surface area contributed by atoms with Gasteiger partial charge >= 0.3 is 5.97 Å². The molecule has 0 spiro atoms. The number of methoxy groups -OCH3 is 1. The van der Waals surface area contributed by atoms with E-state index in [1.54, 1.807) is 29.9 Å². The van der Waals surface area contributed by atoms with Crippen molar-refractivity contribution in [2.24, 2.45) is 7.05 Å². The normalized spacial score (nSPS) is 11.9. The molecule has 5 nitrogen and oxygen atoms in total. The van der Waals surface area contributed by atoms with Crippen molar-refractivity contribution >= 4 is 27.1 Å². The van der Waals surface area contributed by atoms with E-state index < -0.39 is 27.9 Å². The highest BCUT2D eigenvalue weighted by atomic mass is 32.3. The predicted octanol–water partition coefficient (Wildman–Crippen LogP) is 9.46. The van der Waals surface area contributed by atoms with Crippen LogP contribution in [-0.4, -0.2) is 27.6 Å². The van der Waals surface area contributed by atoms with E-state index in [9.17, 15) is 9.18 Å². The second kappa shape index (κ2) is 13.6. The van der Waals surface area contributed by atoms with Crippen LogP contribution in [0.1, 0.15) is 56.4 Å². The van der Waals surface area contributed by atoms with Gasteiger partial charge in [-0.15, -0.1) is 0 Å². The van der Waals surface area contributed by atoms with Gasteiger partial charge in [-0.05, 0) is 104 Å². The molecular formula is C36H40F2N2O3S. The Hall–Kier alpha value is -4.17. The third-order valence-corrected chi connectivity index (χ3v) is 11.3. The lowest BCUT2D eigenvalue weighted by atomic mass is 10.0. The molecule has 232 valence electrons. The Morgan fingerprint density at radius 1 is 0.841 bits per heavy atom. The van der Waals surface area contributed by atoms with Crippen LogP contribution in [0.15, 0.2) is 101 Å². The van der Waals surface area contributed by atoms with Crippen LogP contribution >= 0.6 is 10.3 Å². The van der Waals surface area contributed by atoms with Crippen LogP contribution in [0.5, 0.6) is 5.75 Å². The summed E-state index contributed by atoms with van der Waals surface area (Å²) in [5.41, 5.74) is 1.79. The highest BCUT2D eigenvalue weighted by Gasteiger charge is 2.43. The maximum absolute atomic E-state index is 15.3. The lowest BCUT2D eigenvalue weighted by Gasteiger charge is -2.50. The number of rotatable bonds is 8. The summed E-state index contributed by atoms with van der Waals surface area (Å²) in [6.45, 7) is 10.4. The van der Waals surface area contributed by atoms with Crippen LogP contribution in [0.4, 0.5) is 8.78 Å². The Morgan fingerprint density at radius 2 is 1.43 bits per heavy atom. The van der Waals surface area contributed by atoms with Crippen LogP contribution in [0.25, 0.3) is 10.8 Å². The van der Waals surface area contributed by atoms with Gasteiger partial charge in [-0.2, -0.15) is 5.10 Å². The summed E-state index contributed by atoms with van der Waals surface area (Å²) in [6.07, 6.45) is 0.994. The molecule has 0 bridgehead atoms. The average molecular weight is 619 g/mol. The maximum Gasteiger partial charge on any atom is 0.358 e. The van der Waals surface area contributed by atoms with Crippen molar-refractivity contribution in [2.75, 3.05) is 7.11 Å². The largest absolute Gasteiger partial charge is 0.464 e. The second-order valence-corrected chi connectivity index (χ2v) is 14.5. The minimum absolute atomic E-state index is 0.158. The van der Waals surface area contributed by atoms with Crippen molar-refractivity contribution in [1.82, 2.24) is 9.78 Å². The Kier molecular flexibility index (Phi) is 10.1. The number of hydrogen-bond acceptors (Lipinski definition) is 4.